The number of allylic oxidation sites excluding steroid dienone is 1. The molecule has 0 atom stereocenters. The summed E-state index contributed by atoms with van der Waals surface area (Å²) in [6.07, 6.45) is 11.7. The third-order valence-corrected chi connectivity index (χ3v) is 6.01. The minimum Gasteiger partial charge on any atom is -0.345 e. The highest BCUT2D eigenvalue weighted by Gasteiger charge is 2.24. The maximum atomic E-state index is 13.5. The molecule has 1 amide bonds. The van der Waals surface area contributed by atoms with Gasteiger partial charge in [-0.05, 0) is 41.8 Å². The van der Waals surface area contributed by atoms with E-state index in [1.54, 1.807) is 24.7 Å². The standard InChI is InChI=1S/C28H21F2N5O3/c29-22-8-6-18(11-23(22)30)15-35-10-9-32-26(28(35)38)25(36)4-2-1-3-17-5-7-20-21(13-19-14-31-16-33-19)27(37)34-24(20)12-17/h1,3,5-14,16H,2,4,15H2,(H,31,33)(H,34,37)/b3-1+,21-13-. The summed E-state index contributed by atoms with van der Waals surface area (Å²) in [7, 11) is 0. The number of fused-ring (bicyclic) bond motifs is 1. The van der Waals surface area contributed by atoms with Crippen LogP contribution in [0.25, 0.3) is 17.7 Å². The van der Waals surface area contributed by atoms with Gasteiger partial charge in [0.1, 0.15) is 0 Å². The molecular formula is C28H21F2N5O3. The van der Waals surface area contributed by atoms with Crippen LogP contribution in [0.15, 0.2) is 72.2 Å². The van der Waals surface area contributed by atoms with E-state index in [9.17, 15) is 23.2 Å². The molecule has 4 aromatic rings. The number of rotatable bonds is 8. The van der Waals surface area contributed by atoms with E-state index < -0.39 is 23.0 Å². The number of Topliss-reactive ketones (excluding diaryl/α,β-unsaturated/α-hetero) is 1. The highest BCUT2D eigenvalue weighted by Crippen LogP contribution is 2.33. The third-order valence-electron chi connectivity index (χ3n) is 6.01. The number of benzene rings is 2. The number of imidazole rings is 1. The largest absolute Gasteiger partial charge is 0.345 e. The van der Waals surface area contributed by atoms with Gasteiger partial charge in [0, 0.05) is 30.1 Å². The van der Waals surface area contributed by atoms with Crippen LogP contribution < -0.4 is 10.9 Å². The van der Waals surface area contributed by atoms with E-state index in [0.717, 1.165) is 29.0 Å². The minimum atomic E-state index is -1.01. The van der Waals surface area contributed by atoms with Crippen LogP contribution in [0.5, 0.6) is 0 Å². The maximum absolute atomic E-state index is 13.5. The van der Waals surface area contributed by atoms with Crippen molar-refractivity contribution in [3.8, 4) is 0 Å². The van der Waals surface area contributed by atoms with E-state index in [4.69, 9.17) is 0 Å². The van der Waals surface area contributed by atoms with Crippen LogP contribution in [0.4, 0.5) is 14.5 Å². The second kappa shape index (κ2) is 10.6. The van der Waals surface area contributed by atoms with Crippen LogP contribution in [0, 0.1) is 11.6 Å². The maximum Gasteiger partial charge on any atom is 0.280 e. The number of hydrogen-bond donors (Lipinski definition) is 2. The number of nitrogens with zero attached hydrogens (tertiary/aromatic N) is 3. The van der Waals surface area contributed by atoms with E-state index in [0.29, 0.717) is 23.2 Å². The van der Waals surface area contributed by atoms with Crippen molar-refractivity contribution in [2.45, 2.75) is 19.4 Å². The van der Waals surface area contributed by atoms with Crippen LogP contribution in [0.2, 0.25) is 0 Å². The van der Waals surface area contributed by atoms with Gasteiger partial charge >= 0.3 is 0 Å². The highest BCUT2D eigenvalue weighted by atomic mass is 19.2. The fraction of sp³-hybridized carbons (Fsp3) is 0.107. The summed E-state index contributed by atoms with van der Waals surface area (Å²) in [5, 5.41) is 2.85. The fourth-order valence-corrected chi connectivity index (χ4v) is 4.11. The molecule has 2 aromatic carbocycles. The van der Waals surface area contributed by atoms with Gasteiger partial charge in [-0.15, -0.1) is 0 Å². The number of aromatic nitrogens is 4. The van der Waals surface area contributed by atoms with Crippen molar-refractivity contribution in [2.24, 2.45) is 0 Å². The molecule has 0 aliphatic carbocycles. The summed E-state index contributed by atoms with van der Waals surface area (Å²) in [5.41, 5.74) is 3.15. The van der Waals surface area contributed by atoms with Crippen molar-refractivity contribution in [1.29, 1.82) is 0 Å². The van der Waals surface area contributed by atoms with Gasteiger partial charge in [-0.25, -0.2) is 18.7 Å². The topological polar surface area (TPSA) is 110 Å². The van der Waals surface area contributed by atoms with Crippen molar-refractivity contribution < 1.29 is 18.4 Å². The van der Waals surface area contributed by atoms with Crippen molar-refractivity contribution >= 4 is 35.1 Å². The summed E-state index contributed by atoms with van der Waals surface area (Å²) in [6.45, 7) is -0.0214. The first kappa shape index (κ1) is 24.7. The molecule has 10 heteroatoms. The number of amides is 1. The van der Waals surface area contributed by atoms with Gasteiger partial charge in [-0.2, -0.15) is 0 Å². The fourth-order valence-electron chi connectivity index (χ4n) is 4.11. The zero-order chi connectivity index (χ0) is 26.6. The molecule has 0 saturated carbocycles. The molecule has 1 aliphatic heterocycles. The first-order valence-electron chi connectivity index (χ1n) is 11.7. The lowest BCUT2D eigenvalue weighted by Crippen LogP contribution is -2.27. The number of anilines is 1. The van der Waals surface area contributed by atoms with Gasteiger partial charge in [-0.3, -0.25) is 14.4 Å². The van der Waals surface area contributed by atoms with E-state index >= 15 is 0 Å². The Morgan fingerprint density at radius 2 is 1.95 bits per heavy atom. The monoisotopic (exact) mass is 513 g/mol. The van der Waals surface area contributed by atoms with Crippen molar-refractivity contribution in [1.82, 2.24) is 19.5 Å². The minimum absolute atomic E-state index is 0.0214. The van der Waals surface area contributed by atoms with Crippen LogP contribution in [-0.4, -0.2) is 31.2 Å². The van der Waals surface area contributed by atoms with E-state index in [-0.39, 0.29) is 24.6 Å². The van der Waals surface area contributed by atoms with Crippen LogP contribution in [0.1, 0.15) is 45.7 Å². The van der Waals surface area contributed by atoms with E-state index in [2.05, 4.69) is 20.3 Å². The number of carbonyl (C=O) groups excluding carboxylic acids is 2. The number of hydrogen-bond acceptors (Lipinski definition) is 5. The highest BCUT2D eigenvalue weighted by molar-refractivity contribution is 6.34. The number of nitrogens with one attached hydrogen (secondary N) is 2. The molecule has 5 rings (SSSR count). The van der Waals surface area contributed by atoms with Crippen LogP contribution in [-0.2, 0) is 11.3 Å². The SMILES string of the molecule is O=C1Nc2cc(/C=C/CCC(=O)c3nccn(Cc4ccc(F)c(F)c4)c3=O)ccc2/C1=C/c1cnc[nH]1. The molecule has 1 aliphatic rings. The molecular weight excluding hydrogens is 492 g/mol. The lowest BCUT2D eigenvalue weighted by Gasteiger charge is -2.07. The first-order chi connectivity index (χ1) is 18.4. The zero-order valence-corrected chi connectivity index (χ0v) is 19.9. The molecule has 2 aromatic heterocycles. The van der Waals surface area contributed by atoms with Gasteiger partial charge in [0.2, 0.25) is 0 Å². The Kier molecular flexibility index (Phi) is 6.86. The Morgan fingerprint density at radius 3 is 2.74 bits per heavy atom. The number of halogens is 2. The predicted octanol–water partition coefficient (Wildman–Crippen LogP) is 4.46. The smallest absolute Gasteiger partial charge is 0.280 e. The van der Waals surface area contributed by atoms with E-state index in [1.165, 1.54) is 23.0 Å². The summed E-state index contributed by atoms with van der Waals surface area (Å²) in [4.78, 5) is 48.6. The van der Waals surface area contributed by atoms with E-state index in [1.807, 2.05) is 24.3 Å². The van der Waals surface area contributed by atoms with Crippen LogP contribution >= 0.6 is 0 Å². The second-order valence-electron chi connectivity index (χ2n) is 8.65. The molecule has 0 fully saturated rings. The van der Waals surface area contributed by atoms with Gasteiger partial charge in [0.05, 0.1) is 30.3 Å². The molecule has 0 unspecified atom stereocenters. The van der Waals surface area contributed by atoms with Crippen molar-refractivity contribution in [2.75, 3.05) is 5.32 Å². The second-order valence-corrected chi connectivity index (χ2v) is 8.65. The number of aromatic amines is 1. The van der Waals surface area contributed by atoms with Gasteiger partial charge in [0.15, 0.2) is 23.1 Å². The summed E-state index contributed by atoms with van der Waals surface area (Å²) in [6, 6.07) is 8.93. The molecule has 0 radical (unpaired) electrons. The van der Waals surface area contributed by atoms with Gasteiger partial charge in [0.25, 0.3) is 11.5 Å². The average Bonchev–Trinajstić information content (AvgIpc) is 3.53. The number of carbonyl (C=O) groups is 2. The molecule has 3 heterocycles. The lowest BCUT2D eigenvalue weighted by molar-refractivity contribution is -0.110. The van der Waals surface area contributed by atoms with Crippen LogP contribution in [0.3, 0.4) is 0 Å². The Hall–Kier alpha value is -4.99. The molecule has 190 valence electrons. The molecule has 38 heavy (non-hydrogen) atoms. The number of H-pyrrole nitrogens is 1. The normalized spacial score (nSPS) is 13.7. The molecule has 0 saturated heterocycles. The van der Waals surface area contributed by atoms with Gasteiger partial charge in [-0.1, -0.05) is 30.4 Å². The average molecular weight is 514 g/mol. The zero-order valence-electron chi connectivity index (χ0n) is 19.9. The predicted molar refractivity (Wildman–Crippen MR) is 138 cm³/mol. The molecule has 2 N–H and O–H groups in total. The Labute approximate surface area is 215 Å². The summed E-state index contributed by atoms with van der Waals surface area (Å²) >= 11 is 0. The summed E-state index contributed by atoms with van der Waals surface area (Å²) in [5.74, 6) is -2.61. The first-order valence-corrected chi connectivity index (χ1v) is 11.7. The molecule has 0 bridgehead atoms. The Balaban J connectivity index is 1.22. The molecule has 0 spiro atoms. The van der Waals surface area contributed by atoms with Crippen molar-refractivity contribution in [3.63, 3.8) is 0 Å². The number of ketones is 1. The summed E-state index contributed by atoms with van der Waals surface area (Å²) < 4.78 is 27.9. The molecule has 8 nitrogen and oxygen atoms in total. The lowest BCUT2D eigenvalue weighted by atomic mass is 10.0. The van der Waals surface area contributed by atoms with Crippen molar-refractivity contribution in [3.05, 3.63) is 117 Å². The quantitative estimate of drug-likeness (QED) is 0.267. The van der Waals surface area contributed by atoms with Gasteiger partial charge < -0.3 is 14.9 Å². The Morgan fingerprint density at radius 1 is 1.08 bits per heavy atom. The third kappa shape index (κ3) is 5.24. The Bertz CT molecular complexity index is 1660.